The first-order chi connectivity index (χ1) is 12.7. The van der Waals surface area contributed by atoms with Crippen LogP contribution in [0, 0.1) is 6.92 Å². The molecule has 1 atom stereocenters. The SMILES string of the molecule is Cc1[nH]c(-c2cccc(C(F)(F)F)c2)nc1C(=O)N1CCOC(C(=O)O)C1. The molecule has 1 aliphatic heterocycles. The predicted molar refractivity (Wildman–Crippen MR) is 87.0 cm³/mol. The molecule has 1 saturated heterocycles. The molecule has 0 bridgehead atoms. The number of aryl methyl sites for hydroxylation is 1. The number of carboxylic acid groups (broad SMARTS) is 1. The molecule has 1 unspecified atom stereocenters. The van der Waals surface area contributed by atoms with Gasteiger partial charge < -0.3 is 19.7 Å². The number of benzene rings is 1. The normalized spacial score (nSPS) is 17.8. The molecule has 0 spiro atoms. The van der Waals surface area contributed by atoms with Crippen molar-refractivity contribution in [2.45, 2.75) is 19.2 Å². The van der Waals surface area contributed by atoms with Crippen molar-refractivity contribution in [1.82, 2.24) is 14.9 Å². The van der Waals surface area contributed by atoms with E-state index in [0.29, 0.717) is 5.69 Å². The molecule has 1 fully saturated rings. The van der Waals surface area contributed by atoms with Crippen LogP contribution in [0.25, 0.3) is 11.4 Å². The quantitative estimate of drug-likeness (QED) is 0.848. The van der Waals surface area contributed by atoms with Gasteiger partial charge in [-0.1, -0.05) is 12.1 Å². The Morgan fingerprint density at radius 1 is 1.37 bits per heavy atom. The third-order valence-corrected chi connectivity index (χ3v) is 4.18. The van der Waals surface area contributed by atoms with E-state index in [2.05, 4.69) is 9.97 Å². The summed E-state index contributed by atoms with van der Waals surface area (Å²) in [5.74, 6) is -1.54. The number of aromatic nitrogens is 2. The van der Waals surface area contributed by atoms with E-state index >= 15 is 0 Å². The van der Waals surface area contributed by atoms with Crippen molar-refractivity contribution in [1.29, 1.82) is 0 Å². The number of amides is 1. The van der Waals surface area contributed by atoms with E-state index in [0.717, 1.165) is 12.1 Å². The fraction of sp³-hybridized carbons (Fsp3) is 0.353. The lowest BCUT2D eigenvalue weighted by Crippen LogP contribution is -2.48. The molecule has 10 heteroatoms. The first kappa shape index (κ1) is 18.9. The van der Waals surface area contributed by atoms with E-state index < -0.39 is 29.7 Å². The van der Waals surface area contributed by atoms with Crippen molar-refractivity contribution < 1.29 is 32.6 Å². The van der Waals surface area contributed by atoms with Crippen LogP contribution in [0.2, 0.25) is 0 Å². The molecule has 1 aromatic heterocycles. The lowest BCUT2D eigenvalue weighted by atomic mass is 10.1. The Morgan fingerprint density at radius 3 is 2.78 bits per heavy atom. The largest absolute Gasteiger partial charge is 0.479 e. The summed E-state index contributed by atoms with van der Waals surface area (Å²) in [6.45, 7) is 1.73. The topological polar surface area (TPSA) is 95.5 Å². The van der Waals surface area contributed by atoms with E-state index in [-0.39, 0.29) is 36.8 Å². The van der Waals surface area contributed by atoms with Crippen LogP contribution in [0.3, 0.4) is 0 Å². The number of carbonyl (C=O) groups is 2. The molecule has 0 aliphatic carbocycles. The summed E-state index contributed by atoms with van der Waals surface area (Å²) < 4.78 is 43.7. The number of carbonyl (C=O) groups excluding carboxylic acids is 1. The third-order valence-electron chi connectivity index (χ3n) is 4.18. The standard InChI is InChI=1S/C17H16F3N3O4/c1-9-13(15(24)23-5-6-27-12(8-23)16(25)26)22-14(21-9)10-3-2-4-11(7-10)17(18,19)20/h2-4,7,12H,5-6,8H2,1H3,(H,21,22)(H,25,26). The summed E-state index contributed by atoms with van der Waals surface area (Å²) >= 11 is 0. The molecular formula is C17H16F3N3O4. The van der Waals surface area contributed by atoms with Crippen molar-refractivity contribution in [3.63, 3.8) is 0 Å². The van der Waals surface area contributed by atoms with E-state index in [1.807, 2.05) is 0 Å². The highest BCUT2D eigenvalue weighted by Gasteiger charge is 2.32. The van der Waals surface area contributed by atoms with Gasteiger partial charge in [0.15, 0.2) is 6.10 Å². The second kappa shape index (κ2) is 7.03. The molecule has 2 N–H and O–H groups in total. The number of rotatable bonds is 3. The smallest absolute Gasteiger partial charge is 0.416 e. The molecule has 7 nitrogen and oxygen atoms in total. The lowest BCUT2D eigenvalue weighted by molar-refractivity contribution is -0.154. The van der Waals surface area contributed by atoms with Crippen molar-refractivity contribution in [3.05, 3.63) is 41.2 Å². The number of alkyl halides is 3. The van der Waals surface area contributed by atoms with Gasteiger partial charge in [0.1, 0.15) is 11.5 Å². The summed E-state index contributed by atoms with van der Waals surface area (Å²) in [5.41, 5.74) is -0.212. The summed E-state index contributed by atoms with van der Waals surface area (Å²) in [5, 5.41) is 9.03. The number of hydrogen-bond donors (Lipinski definition) is 2. The zero-order valence-electron chi connectivity index (χ0n) is 14.2. The molecule has 0 saturated carbocycles. The molecule has 1 aliphatic rings. The zero-order valence-corrected chi connectivity index (χ0v) is 14.2. The maximum absolute atomic E-state index is 12.9. The van der Waals surface area contributed by atoms with E-state index in [1.165, 1.54) is 17.0 Å². The second-order valence-corrected chi connectivity index (χ2v) is 6.09. The number of carboxylic acids is 1. The van der Waals surface area contributed by atoms with Crippen LogP contribution < -0.4 is 0 Å². The summed E-state index contributed by atoms with van der Waals surface area (Å²) in [4.78, 5) is 32.0. The van der Waals surface area contributed by atoms with Gasteiger partial charge in [-0.05, 0) is 19.1 Å². The third kappa shape index (κ3) is 3.95. The Labute approximate surface area is 151 Å². The number of nitrogens with one attached hydrogen (secondary N) is 1. The molecule has 2 aromatic rings. The van der Waals surface area contributed by atoms with Gasteiger partial charge in [0.05, 0.1) is 18.7 Å². The first-order valence-corrected chi connectivity index (χ1v) is 8.04. The van der Waals surface area contributed by atoms with Crippen LogP contribution in [-0.4, -0.2) is 57.7 Å². The number of nitrogens with zero attached hydrogens (tertiary/aromatic N) is 2. The summed E-state index contributed by atoms with van der Waals surface area (Å²) in [6.07, 6.45) is -5.61. The second-order valence-electron chi connectivity index (χ2n) is 6.09. The van der Waals surface area contributed by atoms with Gasteiger partial charge in [-0.3, -0.25) is 4.79 Å². The average molecular weight is 383 g/mol. The minimum atomic E-state index is -4.49. The zero-order chi connectivity index (χ0) is 19.8. The van der Waals surface area contributed by atoms with Gasteiger partial charge in [0.2, 0.25) is 0 Å². The van der Waals surface area contributed by atoms with Crippen LogP contribution in [0.15, 0.2) is 24.3 Å². The minimum absolute atomic E-state index is 0.0356. The van der Waals surface area contributed by atoms with Crippen LogP contribution in [-0.2, 0) is 15.7 Å². The van der Waals surface area contributed by atoms with E-state index in [9.17, 15) is 22.8 Å². The van der Waals surface area contributed by atoms with Crippen molar-refractivity contribution in [2.24, 2.45) is 0 Å². The highest BCUT2D eigenvalue weighted by atomic mass is 19.4. The molecule has 144 valence electrons. The Hall–Kier alpha value is -2.88. The predicted octanol–water partition coefficient (Wildman–Crippen LogP) is 2.33. The fourth-order valence-corrected chi connectivity index (χ4v) is 2.78. The first-order valence-electron chi connectivity index (χ1n) is 8.04. The van der Waals surface area contributed by atoms with Crippen LogP contribution in [0.4, 0.5) is 13.2 Å². The van der Waals surface area contributed by atoms with Gasteiger partial charge in [-0.25, -0.2) is 9.78 Å². The summed E-state index contributed by atoms with van der Waals surface area (Å²) in [6, 6.07) is 4.61. The Balaban J connectivity index is 1.86. The number of halogens is 3. The number of aliphatic carboxylic acids is 1. The molecule has 3 rings (SSSR count). The number of aromatic amines is 1. The maximum Gasteiger partial charge on any atom is 0.416 e. The molecule has 1 aromatic carbocycles. The fourth-order valence-electron chi connectivity index (χ4n) is 2.78. The molecular weight excluding hydrogens is 367 g/mol. The maximum atomic E-state index is 12.9. The highest BCUT2D eigenvalue weighted by Crippen LogP contribution is 2.31. The van der Waals surface area contributed by atoms with E-state index in [1.54, 1.807) is 6.92 Å². The monoisotopic (exact) mass is 383 g/mol. The van der Waals surface area contributed by atoms with Crippen LogP contribution >= 0.6 is 0 Å². The van der Waals surface area contributed by atoms with Gasteiger partial charge in [0, 0.05) is 17.8 Å². The van der Waals surface area contributed by atoms with Gasteiger partial charge in [-0.15, -0.1) is 0 Å². The molecule has 0 radical (unpaired) electrons. The summed E-state index contributed by atoms with van der Waals surface area (Å²) in [7, 11) is 0. The Kier molecular flexibility index (Phi) is 4.92. The van der Waals surface area contributed by atoms with E-state index in [4.69, 9.17) is 9.84 Å². The van der Waals surface area contributed by atoms with Crippen molar-refractivity contribution >= 4 is 11.9 Å². The number of morpholine rings is 1. The van der Waals surface area contributed by atoms with Crippen molar-refractivity contribution in [2.75, 3.05) is 19.7 Å². The Morgan fingerprint density at radius 2 is 2.11 bits per heavy atom. The number of ether oxygens (including phenoxy) is 1. The van der Waals surface area contributed by atoms with Crippen LogP contribution in [0.5, 0.6) is 0 Å². The minimum Gasteiger partial charge on any atom is -0.479 e. The molecule has 27 heavy (non-hydrogen) atoms. The Bertz CT molecular complexity index is 879. The number of H-pyrrole nitrogens is 1. The molecule has 1 amide bonds. The lowest BCUT2D eigenvalue weighted by Gasteiger charge is -2.30. The molecule has 2 heterocycles. The number of hydrogen-bond acceptors (Lipinski definition) is 4. The van der Waals surface area contributed by atoms with Crippen LogP contribution in [0.1, 0.15) is 21.7 Å². The van der Waals surface area contributed by atoms with Gasteiger partial charge in [0.25, 0.3) is 5.91 Å². The van der Waals surface area contributed by atoms with Gasteiger partial charge in [-0.2, -0.15) is 13.2 Å². The average Bonchev–Trinajstić information content (AvgIpc) is 3.02. The highest BCUT2D eigenvalue weighted by molar-refractivity contribution is 5.94. The van der Waals surface area contributed by atoms with Crippen molar-refractivity contribution in [3.8, 4) is 11.4 Å². The van der Waals surface area contributed by atoms with Gasteiger partial charge >= 0.3 is 12.1 Å². The number of imidazole rings is 1.